The van der Waals surface area contributed by atoms with E-state index in [9.17, 15) is 9.59 Å². The molecule has 0 aliphatic rings. The second kappa shape index (κ2) is 9.34. The first-order chi connectivity index (χ1) is 13.2. The van der Waals surface area contributed by atoms with E-state index < -0.39 is 5.97 Å². The minimum absolute atomic E-state index is 0.280. The molecule has 2 heterocycles. The van der Waals surface area contributed by atoms with Crippen LogP contribution in [-0.2, 0) is 9.53 Å². The van der Waals surface area contributed by atoms with Crippen molar-refractivity contribution in [2.45, 2.75) is 11.1 Å². The molecule has 0 bridgehead atoms. The minimum atomic E-state index is -0.560. The molecular weight excluding hydrogens is 380 g/mol. The Kier molecular flexibility index (Phi) is 6.62. The first-order valence-corrected chi connectivity index (χ1v) is 10.3. The number of rotatable bonds is 7. The number of hydrogen-bond donors (Lipinski definition) is 1. The van der Waals surface area contributed by atoms with Crippen molar-refractivity contribution >= 4 is 35.0 Å². The maximum Gasteiger partial charge on any atom is 0.341 e. The number of nitrogens with zero attached hydrogens (tertiary/aromatic N) is 1. The van der Waals surface area contributed by atoms with Crippen molar-refractivity contribution in [1.29, 1.82) is 0 Å². The van der Waals surface area contributed by atoms with Gasteiger partial charge in [-0.3, -0.25) is 4.79 Å². The van der Waals surface area contributed by atoms with E-state index in [4.69, 9.17) is 4.74 Å². The number of hydrogen-bond acceptors (Lipinski definition) is 6. The van der Waals surface area contributed by atoms with Gasteiger partial charge in [0, 0.05) is 11.1 Å². The second-order valence-electron chi connectivity index (χ2n) is 5.56. The van der Waals surface area contributed by atoms with Gasteiger partial charge in [-0.25, -0.2) is 9.78 Å². The summed E-state index contributed by atoms with van der Waals surface area (Å²) in [6.07, 6.45) is 3.44. The van der Waals surface area contributed by atoms with E-state index in [0.29, 0.717) is 10.6 Å². The number of esters is 1. The molecule has 5 nitrogen and oxygen atoms in total. The number of carbonyl (C=O) groups is 2. The minimum Gasteiger partial charge on any atom is -0.452 e. The Morgan fingerprint density at radius 1 is 1.15 bits per heavy atom. The van der Waals surface area contributed by atoms with Crippen LogP contribution in [0.5, 0.6) is 0 Å². The molecule has 0 radical (unpaired) electrons. The van der Waals surface area contributed by atoms with Crippen molar-refractivity contribution in [3.63, 3.8) is 0 Å². The van der Waals surface area contributed by atoms with E-state index >= 15 is 0 Å². The highest BCUT2D eigenvalue weighted by molar-refractivity contribution is 7.98. The predicted octanol–water partition coefficient (Wildman–Crippen LogP) is 3.93. The molecule has 1 amide bonds. The molecule has 3 rings (SSSR count). The van der Waals surface area contributed by atoms with Crippen molar-refractivity contribution in [2.24, 2.45) is 0 Å². The summed E-state index contributed by atoms with van der Waals surface area (Å²) in [7, 11) is 0. The molecule has 0 fully saturated rings. The van der Waals surface area contributed by atoms with Crippen LogP contribution >= 0.6 is 23.1 Å². The van der Waals surface area contributed by atoms with Crippen LogP contribution in [0.25, 0.3) is 0 Å². The number of thiophene rings is 1. The van der Waals surface area contributed by atoms with Crippen LogP contribution in [0.4, 0.5) is 0 Å². The van der Waals surface area contributed by atoms with Gasteiger partial charge < -0.3 is 10.1 Å². The second-order valence-corrected chi connectivity index (χ2v) is 7.34. The van der Waals surface area contributed by atoms with Gasteiger partial charge in [0.2, 0.25) is 0 Å². The molecule has 7 heteroatoms. The van der Waals surface area contributed by atoms with E-state index in [1.54, 1.807) is 29.7 Å². The Labute approximate surface area is 165 Å². The molecule has 0 aliphatic carbocycles. The highest BCUT2D eigenvalue weighted by Crippen LogP contribution is 2.26. The average Bonchev–Trinajstić information content (AvgIpc) is 3.25. The Bertz CT molecular complexity index is 899. The number of pyridine rings is 1. The standard InChI is InChI=1S/C20H18N2O3S2/c1-26-19-15(9-5-11-21-19)20(24)25-13-17(23)22-18(16-10-6-12-27-16)14-7-3-2-4-8-14/h2-12,18H,13H2,1H3,(H,22,23)/t18-/m1/s1. The third-order valence-electron chi connectivity index (χ3n) is 3.78. The average molecular weight is 399 g/mol. The molecule has 27 heavy (non-hydrogen) atoms. The number of aromatic nitrogens is 1. The van der Waals surface area contributed by atoms with Gasteiger partial charge >= 0.3 is 5.97 Å². The van der Waals surface area contributed by atoms with Crippen LogP contribution in [0.15, 0.2) is 71.2 Å². The number of thioether (sulfide) groups is 1. The number of nitrogens with one attached hydrogen (secondary N) is 1. The van der Waals surface area contributed by atoms with E-state index in [1.807, 2.05) is 54.1 Å². The third kappa shape index (κ3) is 4.96. The van der Waals surface area contributed by atoms with Crippen molar-refractivity contribution < 1.29 is 14.3 Å². The Hall–Kier alpha value is -2.64. The van der Waals surface area contributed by atoms with Gasteiger partial charge in [-0.05, 0) is 35.4 Å². The first-order valence-electron chi connectivity index (χ1n) is 8.23. The molecular formula is C20H18N2O3S2. The fourth-order valence-electron chi connectivity index (χ4n) is 2.54. The smallest absolute Gasteiger partial charge is 0.341 e. The fraction of sp³-hybridized carbons (Fsp3) is 0.150. The summed E-state index contributed by atoms with van der Waals surface area (Å²) in [6, 6.07) is 16.6. The normalized spacial score (nSPS) is 11.6. The monoisotopic (exact) mass is 398 g/mol. The summed E-state index contributed by atoms with van der Waals surface area (Å²) in [5.41, 5.74) is 1.33. The maximum atomic E-state index is 12.4. The van der Waals surface area contributed by atoms with Gasteiger partial charge in [0.15, 0.2) is 6.61 Å². The van der Waals surface area contributed by atoms with Gasteiger partial charge in [-0.1, -0.05) is 36.4 Å². The summed E-state index contributed by atoms with van der Waals surface area (Å²) in [6.45, 7) is -0.351. The van der Waals surface area contributed by atoms with Crippen molar-refractivity contribution in [1.82, 2.24) is 10.3 Å². The highest BCUT2D eigenvalue weighted by atomic mass is 32.2. The largest absolute Gasteiger partial charge is 0.452 e. The Morgan fingerprint density at radius 2 is 1.96 bits per heavy atom. The SMILES string of the molecule is CSc1ncccc1C(=O)OCC(=O)N[C@H](c1ccccc1)c1cccs1. The van der Waals surface area contributed by atoms with Gasteiger partial charge in [0.1, 0.15) is 5.03 Å². The molecule has 1 aromatic carbocycles. The van der Waals surface area contributed by atoms with E-state index in [1.165, 1.54) is 11.8 Å². The van der Waals surface area contributed by atoms with Crippen LogP contribution in [0.1, 0.15) is 26.8 Å². The van der Waals surface area contributed by atoms with E-state index in [-0.39, 0.29) is 18.6 Å². The predicted molar refractivity (Wildman–Crippen MR) is 107 cm³/mol. The van der Waals surface area contributed by atoms with Crippen molar-refractivity contribution in [3.05, 3.63) is 82.2 Å². The summed E-state index contributed by atoms with van der Waals surface area (Å²) in [4.78, 5) is 29.8. The van der Waals surface area contributed by atoms with Crippen LogP contribution in [0.3, 0.4) is 0 Å². The summed E-state index contributed by atoms with van der Waals surface area (Å²) >= 11 is 2.91. The van der Waals surface area contributed by atoms with Crippen molar-refractivity contribution in [2.75, 3.05) is 12.9 Å². The van der Waals surface area contributed by atoms with Crippen LogP contribution in [0, 0.1) is 0 Å². The summed E-state index contributed by atoms with van der Waals surface area (Å²) in [5, 5.41) is 5.48. The van der Waals surface area contributed by atoms with E-state index in [2.05, 4.69) is 10.3 Å². The number of ether oxygens (including phenoxy) is 1. The van der Waals surface area contributed by atoms with Crippen LogP contribution < -0.4 is 5.32 Å². The molecule has 0 saturated carbocycles. The summed E-state index contributed by atoms with van der Waals surface area (Å²) in [5.74, 6) is -0.921. The van der Waals surface area contributed by atoms with Crippen molar-refractivity contribution in [3.8, 4) is 0 Å². The van der Waals surface area contributed by atoms with Gasteiger partial charge in [0.25, 0.3) is 5.91 Å². The lowest BCUT2D eigenvalue weighted by Crippen LogP contribution is -2.32. The molecule has 138 valence electrons. The first kappa shape index (κ1) is 19.1. The topological polar surface area (TPSA) is 68.3 Å². The molecule has 0 aliphatic heterocycles. The number of carbonyl (C=O) groups excluding carboxylic acids is 2. The summed E-state index contributed by atoms with van der Waals surface area (Å²) < 4.78 is 5.19. The quantitative estimate of drug-likeness (QED) is 0.482. The van der Waals surface area contributed by atoms with Crippen LogP contribution in [0.2, 0.25) is 0 Å². The Morgan fingerprint density at radius 3 is 2.67 bits per heavy atom. The fourth-order valence-corrected chi connectivity index (χ4v) is 3.88. The lowest BCUT2D eigenvalue weighted by Gasteiger charge is -2.18. The number of amides is 1. The molecule has 0 spiro atoms. The lowest BCUT2D eigenvalue weighted by atomic mass is 10.1. The van der Waals surface area contributed by atoms with Gasteiger partial charge in [-0.15, -0.1) is 23.1 Å². The molecule has 2 aromatic heterocycles. The number of benzene rings is 1. The van der Waals surface area contributed by atoms with Gasteiger partial charge in [0.05, 0.1) is 11.6 Å². The molecule has 0 unspecified atom stereocenters. The lowest BCUT2D eigenvalue weighted by molar-refractivity contribution is -0.124. The van der Waals surface area contributed by atoms with Crippen LogP contribution in [-0.4, -0.2) is 29.7 Å². The molecule has 1 atom stereocenters. The van der Waals surface area contributed by atoms with Gasteiger partial charge in [-0.2, -0.15) is 0 Å². The third-order valence-corrected chi connectivity index (χ3v) is 5.43. The highest BCUT2D eigenvalue weighted by Gasteiger charge is 2.20. The zero-order valence-electron chi connectivity index (χ0n) is 14.6. The Balaban J connectivity index is 1.66. The molecule has 3 aromatic rings. The molecule has 0 saturated heterocycles. The van der Waals surface area contributed by atoms with E-state index in [0.717, 1.165) is 10.4 Å². The zero-order valence-corrected chi connectivity index (χ0v) is 16.3. The zero-order chi connectivity index (χ0) is 19.1. The maximum absolute atomic E-state index is 12.4. The molecule has 1 N–H and O–H groups in total.